The maximum Gasteiger partial charge on any atom is 0.227 e. The minimum Gasteiger partial charge on any atom is -0.370 e. The van der Waals surface area contributed by atoms with Crippen LogP contribution in [0.1, 0.15) is 51.2 Å². The van der Waals surface area contributed by atoms with Crippen molar-refractivity contribution in [2.45, 2.75) is 58.7 Å². The molecule has 0 atom stereocenters. The predicted molar refractivity (Wildman–Crippen MR) is 94.9 cm³/mol. The Morgan fingerprint density at radius 3 is 2.76 bits per heavy atom. The van der Waals surface area contributed by atoms with Gasteiger partial charge in [0.25, 0.3) is 0 Å². The van der Waals surface area contributed by atoms with Crippen LogP contribution in [0.2, 0.25) is 0 Å². The van der Waals surface area contributed by atoms with Gasteiger partial charge in [-0.2, -0.15) is 4.98 Å². The van der Waals surface area contributed by atoms with Crippen molar-refractivity contribution in [3.05, 3.63) is 36.1 Å². The van der Waals surface area contributed by atoms with Gasteiger partial charge >= 0.3 is 0 Å². The normalized spacial score (nSPS) is 11.9. The van der Waals surface area contributed by atoms with E-state index in [2.05, 4.69) is 20.4 Å². The van der Waals surface area contributed by atoms with E-state index in [0.29, 0.717) is 18.1 Å². The summed E-state index contributed by atoms with van der Waals surface area (Å²) in [5, 5.41) is 25.5. The van der Waals surface area contributed by atoms with Crippen molar-refractivity contribution < 1.29 is 14.7 Å². The lowest BCUT2D eigenvalue weighted by Gasteiger charge is -2.23. The molecule has 3 N–H and O–H groups in total. The SMILES string of the molecule is CC(C)(Cc1nc(CCCCCNc2ccccn2)no1)CC(O)O. The maximum atomic E-state index is 9.11. The predicted octanol–water partition coefficient (Wildman–Crippen LogP) is 2.56. The van der Waals surface area contributed by atoms with Gasteiger partial charge in [0.15, 0.2) is 12.1 Å². The standard InChI is InChI=1S/C18H28N4O3/c1-18(2,13-17(23)24)12-16-21-15(22-25-16)9-4-3-6-10-19-14-8-5-7-11-20-14/h5,7-8,11,17,23-24H,3-4,6,9-10,12-13H2,1-2H3,(H,19,20). The number of nitrogens with one attached hydrogen (secondary N) is 1. The summed E-state index contributed by atoms with van der Waals surface area (Å²) in [7, 11) is 0. The molecule has 0 saturated heterocycles. The van der Waals surface area contributed by atoms with Crippen molar-refractivity contribution in [1.29, 1.82) is 0 Å². The van der Waals surface area contributed by atoms with E-state index in [1.165, 1.54) is 0 Å². The van der Waals surface area contributed by atoms with Gasteiger partial charge in [0.1, 0.15) is 5.82 Å². The van der Waals surface area contributed by atoms with Crippen molar-refractivity contribution in [2.75, 3.05) is 11.9 Å². The van der Waals surface area contributed by atoms with E-state index in [0.717, 1.165) is 38.0 Å². The summed E-state index contributed by atoms with van der Waals surface area (Å²) < 4.78 is 5.27. The molecule has 0 aliphatic rings. The highest BCUT2D eigenvalue weighted by molar-refractivity contribution is 5.32. The Morgan fingerprint density at radius 2 is 2.04 bits per heavy atom. The highest BCUT2D eigenvalue weighted by Crippen LogP contribution is 2.26. The molecule has 138 valence electrons. The summed E-state index contributed by atoms with van der Waals surface area (Å²) in [4.78, 5) is 8.62. The second-order valence-electron chi connectivity index (χ2n) is 7.08. The van der Waals surface area contributed by atoms with Crippen LogP contribution in [0.15, 0.2) is 28.9 Å². The summed E-state index contributed by atoms with van der Waals surface area (Å²) in [5.41, 5.74) is -0.297. The van der Waals surface area contributed by atoms with E-state index in [1.807, 2.05) is 32.0 Å². The molecule has 0 unspecified atom stereocenters. The van der Waals surface area contributed by atoms with Crippen LogP contribution in [-0.4, -0.2) is 38.2 Å². The zero-order valence-corrected chi connectivity index (χ0v) is 15.0. The summed E-state index contributed by atoms with van der Waals surface area (Å²) in [6.45, 7) is 4.79. The van der Waals surface area contributed by atoms with Crippen LogP contribution in [0.5, 0.6) is 0 Å². The Bertz CT molecular complexity index is 614. The molecule has 2 aromatic rings. The number of nitrogens with zero attached hydrogens (tertiary/aromatic N) is 3. The van der Waals surface area contributed by atoms with E-state index < -0.39 is 6.29 Å². The fourth-order valence-electron chi connectivity index (χ4n) is 2.71. The molecule has 0 aliphatic carbocycles. The van der Waals surface area contributed by atoms with Crippen molar-refractivity contribution in [3.63, 3.8) is 0 Å². The maximum absolute atomic E-state index is 9.11. The molecule has 0 aromatic carbocycles. The Kier molecular flexibility index (Phi) is 7.33. The summed E-state index contributed by atoms with van der Waals surface area (Å²) >= 11 is 0. The lowest BCUT2D eigenvalue weighted by molar-refractivity contribution is -0.0681. The number of aliphatic hydroxyl groups is 2. The lowest BCUT2D eigenvalue weighted by atomic mass is 9.85. The minimum atomic E-state index is -1.32. The molecule has 25 heavy (non-hydrogen) atoms. The molecule has 0 aliphatic heterocycles. The first kappa shape index (κ1) is 19.3. The monoisotopic (exact) mass is 348 g/mol. The van der Waals surface area contributed by atoms with Gasteiger partial charge in [-0.25, -0.2) is 4.98 Å². The number of hydrogen-bond donors (Lipinski definition) is 3. The van der Waals surface area contributed by atoms with E-state index in [1.54, 1.807) is 6.20 Å². The molecule has 0 saturated carbocycles. The van der Waals surface area contributed by atoms with E-state index in [-0.39, 0.29) is 11.8 Å². The van der Waals surface area contributed by atoms with Crippen molar-refractivity contribution in [1.82, 2.24) is 15.1 Å². The topological polar surface area (TPSA) is 104 Å². The molecule has 0 fully saturated rings. The van der Waals surface area contributed by atoms with Crippen LogP contribution >= 0.6 is 0 Å². The lowest BCUT2D eigenvalue weighted by Crippen LogP contribution is -2.22. The van der Waals surface area contributed by atoms with E-state index in [9.17, 15) is 0 Å². The Balaban J connectivity index is 1.63. The number of pyridine rings is 1. The zero-order valence-electron chi connectivity index (χ0n) is 15.0. The number of aromatic nitrogens is 3. The van der Waals surface area contributed by atoms with Gasteiger partial charge in [-0.1, -0.05) is 31.5 Å². The Morgan fingerprint density at radius 1 is 1.20 bits per heavy atom. The summed E-state index contributed by atoms with van der Waals surface area (Å²) in [6, 6.07) is 5.82. The molecule has 0 radical (unpaired) electrons. The van der Waals surface area contributed by atoms with Crippen molar-refractivity contribution in [3.8, 4) is 0 Å². The van der Waals surface area contributed by atoms with Crippen LogP contribution in [0.3, 0.4) is 0 Å². The molecular weight excluding hydrogens is 320 g/mol. The molecule has 2 heterocycles. The molecule has 7 nitrogen and oxygen atoms in total. The molecular formula is C18H28N4O3. The average molecular weight is 348 g/mol. The molecule has 0 amide bonds. The molecule has 0 spiro atoms. The number of rotatable bonds is 11. The quantitative estimate of drug-likeness (QED) is 0.423. The first-order valence-electron chi connectivity index (χ1n) is 8.77. The second-order valence-corrected chi connectivity index (χ2v) is 7.08. The summed E-state index contributed by atoms with van der Waals surface area (Å²) in [6.07, 6.45) is 5.18. The van der Waals surface area contributed by atoms with Crippen LogP contribution in [-0.2, 0) is 12.8 Å². The highest BCUT2D eigenvalue weighted by Gasteiger charge is 2.24. The van der Waals surface area contributed by atoms with Gasteiger partial charge in [-0.05, 0) is 30.4 Å². The van der Waals surface area contributed by atoms with Gasteiger partial charge in [-0.15, -0.1) is 0 Å². The first-order chi connectivity index (χ1) is 11.9. The zero-order chi connectivity index (χ0) is 18.1. The third-order valence-corrected chi connectivity index (χ3v) is 3.92. The molecule has 2 rings (SSSR count). The van der Waals surface area contributed by atoms with Crippen molar-refractivity contribution in [2.24, 2.45) is 5.41 Å². The highest BCUT2D eigenvalue weighted by atomic mass is 16.5. The number of aryl methyl sites for hydroxylation is 1. The van der Waals surface area contributed by atoms with Crippen molar-refractivity contribution >= 4 is 5.82 Å². The largest absolute Gasteiger partial charge is 0.370 e. The Hall–Kier alpha value is -1.99. The van der Waals surface area contributed by atoms with Crippen LogP contribution in [0.4, 0.5) is 5.82 Å². The van der Waals surface area contributed by atoms with Gasteiger partial charge in [-0.3, -0.25) is 0 Å². The number of anilines is 1. The smallest absolute Gasteiger partial charge is 0.227 e. The number of hydrogen-bond acceptors (Lipinski definition) is 7. The van der Waals surface area contributed by atoms with E-state index >= 15 is 0 Å². The van der Waals surface area contributed by atoms with Gasteiger partial charge < -0.3 is 20.1 Å². The van der Waals surface area contributed by atoms with Gasteiger partial charge in [0.2, 0.25) is 5.89 Å². The Labute approximate surface area is 148 Å². The van der Waals surface area contributed by atoms with Gasteiger partial charge in [0, 0.05) is 32.0 Å². The first-order valence-corrected chi connectivity index (χ1v) is 8.77. The molecule has 0 bridgehead atoms. The molecule has 7 heteroatoms. The van der Waals surface area contributed by atoms with Crippen LogP contribution in [0.25, 0.3) is 0 Å². The third-order valence-electron chi connectivity index (χ3n) is 3.92. The van der Waals surface area contributed by atoms with E-state index in [4.69, 9.17) is 14.7 Å². The van der Waals surface area contributed by atoms with Crippen LogP contribution in [0, 0.1) is 5.41 Å². The number of unbranched alkanes of at least 4 members (excludes halogenated alkanes) is 2. The third kappa shape index (κ3) is 7.62. The summed E-state index contributed by atoms with van der Waals surface area (Å²) in [5.74, 6) is 2.17. The van der Waals surface area contributed by atoms with Gasteiger partial charge in [0.05, 0.1) is 0 Å². The second kappa shape index (κ2) is 9.48. The number of aliphatic hydroxyl groups excluding tert-OH is 1. The fourth-order valence-corrected chi connectivity index (χ4v) is 2.71. The fraction of sp³-hybridized carbons (Fsp3) is 0.611. The minimum absolute atomic E-state index is 0.272. The average Bonchev–Trinajstić information content (AvgIpc) is 2.97. The molecule has 2 aromatic heterocycles. The van der Waals surface area contributed by atoms with Crippen LogP contribution < -0.4 is 5.32 Å².